The topological polar surface area (TPSA) is 45.6 Å². The molecule has 5 nitrogen and oxygen atoms in total. The molecule has 0 bridgehead atoms. The van der Waals surface area contributed by atoms with Crippen molar-refractivity contribution in [1.29, 1.82) is 0 Å². The van der Waals surface area contributed by atoms with E-state index in [-0.39, 0.29) is 11.3 Å². The van der Waals surface area contributed by atoms with Crippen molar-refractivity contribution in [3.63, 3.8) is 0 Å². The molecule has 1 aliphatic heterocycles. The Morgan fingerprint density at radius 3 is 2.20 bits per heavy atom. The standard InChI is InChI=1S/C25H29N3O2/c1-25(2,3)17-23(30)26-13-15-27(16-14-26)24-21(18-29)20-11-7-8-12-22(20)28(24)19-9-5-4-6-10-19/h4-12,18H,13-17H2,1-3H3. The third-order valence-electron chi connectivity index (χ3n) is 5.63. The van der Waals surface area contributed by atoms with Crippen molar-refractivity contribution in [2.75, 3.05) is 31.1 Å². The van der Waals surface area contributed by atoms with Gasteiger partial charge in [-0.25, -0.2) is 0 Å². The lowest BCUT2D eigenvalue weighted by Crippen LogP contribution is -2.50. The molecule has 0 atom stereocenters. The number of para-hydroxylation sites is 2. The lowest BCUT2D eigenvalue weighted by Gasteiger charge is -2.37. The first-order valence-electron chi connectivity index (χ1n) is 10.6. The maximum absolute atomic E-state index is 12.7. The fourth-order valence-electron chi connectivity index (χ4n) is 4.25. The van der Waals surface area contributed by atoms with Crippen LogP contribution in [0.15, 0.2) is 54.6 Å². The Kier molecular flexibility index (Phi) is 5.37. The Bertz CT molecular complexity index is 1060. The van der Waals surface area contributed by atoms with E-state index in [1.54, 1.807) is 0 Å². The number of carbonyl (C=O) groups excluding carboxylic acids is 2. The van der Waals surface area contributed by atoms with Gasteiger partial charge in [-0.05, 0) is 23.6 Å². The van der Waals surface area contributed by atoms with Crippen molar-refractivity contribution in [2.24, 2.45) is 5.41 Å². The highest BCUT2D eigenvalue weighted by atomic mass is 16.2. The maximum Gasteiger partial charge on any atom is 0.223 e. The number of aldehydes is 1. The summed E-state index contributed by atoms with van der Waals surface area (Å²) in [4.78, 5) is 29.0. The predicted molar refractivity (Wildman–Crippen MR) is 122 cm³/mol. The van der Waals surface area contributed by atoms with Gasteiger partial charge >= 0.3 is 0 Å². The lowest BCUT2D eigenvalue weighted by molar-refractivity contribution is -0.133. The molecule has 1 amide bonds. The summed E-state index contributed by atoms with van der Waals surface area (Å²) >= 11 is 0. The van der Waals surface area contributed by atoms with Crippen molar-refractivity contribution in [2.45, 2.75) is 27.2 Å². The van der Waals surface area contributed by atoms with Gasteiger partial charge in [-0.15, -0.1) is 0 Å². The number of hydrogen-bond acceptors (Lipinski definition) is 3. The number of fused-ring (bicyclic) bond motifs is 1. The molecule has 0 saturated carbocycles. The molecule has 0 spiro atoms. The van der Waals surface area contributed by atoms with E-state index in [1.807, 2.05) is 41.3 Å². The molecular weight excluding hydrogens is 374 g/mol. The Balaban J connectivity index is 1.70. The molecule has 0 N–H and O–H groups in total. The summed E-state index contributed by atoms with van der Waals surface area (Å²) < 4.78 is 2.17. The van der Waals surface area contributed by atoms with Gasteiger partial charge in [0.05, 0.1) is 11.1 Å². The molecule has 0 unspecified atom stereocenters. The minimum Gasteiger partial charge on any atom is -0.354 e. The van der Waals surface area contributed by atoms with Gasteiger partial charge in [0.15, 0.2) is 6.29 Å². The van der Waals surface area contributed by atoms with Crippen LogP contribution in [-0.4, -0.2) is 47.8 Å². The Labute approximate surface area is 177 Å². The molecule has 0 aliphatic carbocycles. The zero-order chi connectivity index (χ0) is 21.3. The summed E-state index contributed by atoms with van der Waals surface area (Å²) in [5, 5.41) is 0.956. The summed E-state index contributed by atoms with van der Waals surface area (Å²) in [6, 6.07) is 18.2. The van der Waals surface area contributed by atoms with E-state index in [9.17, 15) is 9.59 Å². The number of rotatable bonds is 4. The average Bonchev–Trinajstić information content (AvgIpc) is 3.07. The molecule has 0 radical (unpaired) electrons. The van der Waals surface area contributed by atoms with Gasteiger partial charge in [-0.1, -0.05) is 57.2 Å². The maximum atomic E-state index is 12.7. The number of nitrogens with zero attached hydrogens (tertiary/aromatic N) is 3. The number of hydrogen-bond donors (Lipinski definition) is 0. The number of aromatic nitrogens is 1. The highest BCUT2D eigenvalue weighted by molar-refractivity contribution is 6.05. The second-order valence-electron chi connectivity index (χ2n) is 9.15. The van der Waals surface area contributed by atoms with Gasteiger partial charge in [-0.3, -0.25) is 14.2 Å². The van der Waals surface area contributed by atoms with Crippen LogP contribution >= 0.6 is 0 Å². The van der Waals surface area contributed by atoms with Crippen LogP contribution in [0.1, 0.15) is 37.6 Å². The van der Waals surface area contributed by atoms with E-state index in [4.69, 9.17) is 0 Å². The molecular formula is C25H29N3O2. The van der Waals surface area contributed by atoms with Gasteiger partial charge in [0.2, 0.25) is 5.91 Å². The largest absolute Gasteiger partial charge is 0.354 e. The monoisotopic (exact) mass is 403 g/mol. The molecule has 30 heavy (non-hydrogen) atoms. The van der Waals surface area contributed by atoms with E-state index in [1.165, 1.54) is 0 Å². The highest BCUT2D eigenvalue weighted by Gasteiger charge is 2.28. The molecule has 1 fully saturated rings. The molecule has 4 rings (SSSR count). The van der Waals surface area contributed by atoms with E-state index >= 15 is 0 Å². The van der Waals surface area contributed by atoms with Gasteiger partial charge in [0.25, 0.3) is 0 Å². The SMILES string of the molecule is CC(C)(C)CC(=O)N1CCN(c2c(C=O)c3ccccc3n2-c2ccccc2)CC1. The lowest BCUT2D eigenvalue weighted by atomic mass is 9.91. The van der Waals surface area contributed by atoms with Crippen LogP contribution in [-0.2, 0) is 4.79 Å². The number of piperazine rings is 1. The molecule has 2 aromatic carbocycles. The Morgan fingerprint density at radius 1 is 0.933 bits per heavy atom. The molecule has 156 valence electrons. The normalized spacial score (nSPS) is 14.9. The number of anilines is 1. The first-order chi connectivity index (χ1) is 14.4. The van der Waals surface area contributed by atoms with Crippen LogP contribution < -0.4 is 4.90 Å². The van der Waals surface area contributed by atoms with Crippen molar-refractivity contribution in [1.82, 2.24) is 9.47 Å². The van der Waals surface area contributed by atoms with Crippen LogP contribution in [0, 0.1) is 5.41 Å². The Hall–Kier alpha value is -3.08. The van der Waals surface area contributed by atoms with Crippen molar-refractivity contribution >= 4 is 28.9 Å². The quantitative estimate of drug-likeness (QED) is 0.602. The fourth-order valence-corrected chi connectivity index (χ4v) is 4.25. The smallest absolute Gasteiger partial charge is 0.223 e. The molecule has 1 saturated heterocycles. The van der Waals surface area contributed by atoms with Crippen LogP contribution in [0.4, 0.5) is 5.82 Å². The van der Waals surface area contributed by atoms with Gasteiger partial charge in [0, 0.05) is 43.7 Å². The summed E-state index contributed by atoms with van der Waals surface area (Å²) in [6.07, 6.45) is 1.52. The van der Waals surface area contributed by atoms with Crippen molar-refractivity contribution in [3.8, 4) is 5.69 Å². The summed E-state index contributed by atoms with van der Waals surface area (Å²) in [7, 11) is 0. The van der Waals surface area contributed by atoms with Crippen LogP contribution in [0.5, 0.6) is 0 Å². The number of carbonyl (C=O) groups is 2. The molecule has 2 heterocycles. The third kappa shape index (κ3) is 3.84. The number of amides is 1. The summed E-state index contributed by atoms with van der Waals surface area (Å²) in [6.45, 7) is 9.04. The predicted octanol–water partition coefficient (Wildman–Crippen LogP) is 4.53. The van der Waals surface area contributed by atoms with Crippen LogP contribution in [0.25, 0.3) is 16.6 Å². The molecule has 5 heteroatoms. The minimum absolute atomic E-state index is 0.0152. The Morgan fingerprint density at radius 2 is 1.57 bits per heavy atom. The van der Waals surface area contributed by atoms with Crippen molar-refractivity contribution < 1.29 is 9.59 Å². The average molecular weight is 404 g/mol. The zero-order valence-corrected chi connectivity index (χ0v) is 18.0. The van der Waals surface area contributed by atoms with Crippen molar-refractivity contribution in [3.05, 3.63) is 60.2 Å². The van der Waals surface area contributed by atoms with E-state index in [2.05, 4.69) is 48.4 Å². The second-order valence-corrected chi connectivity index (χ2v) is 9.15. The zero-order valence-electron chi connectivity index (χ0n) is 18.0. The number of benzene rings is 2. The van der Waals surface area contributed by atoms with Gasteiger partial charge < -0.3 is 9.80 Å². The minimum atomic E-state index is -0.0152. The van der Waals surface area contributed by atoms with Crippen LogP contribution in [0.2, 0.25) is 0 Å². The van der Waals surface area contributed by atoms with E-state index in [0.29, 0.717) is 38.2 Å². The summed E-state index contributed by atoms with van der Waals surface area (Å²) in [5.41, 5.74) is 2.75. The molecule has 1 aliphatic rings. The second kappa shape index (κ2) is 7.98. The first-order valence-corrected chi connectivity index (χ1v) is 10.6. The van der Waals surface area contributed by atoms with Crippen LogP contribution in [0.3, 0.4) is 0 Å². The molecule has 3 aromatic rings. The van der Waals surface area contributed by atoms with E-state index < -0.39 is 0 Å². The van der Waals surface area contributed by atoms with Gasteiger partial charge in [-0.2, -0.15) is 0 Å². The molecule has 1 aromatic heterocycles. The van der Waals surface area contributed by atoms with E-state index in [0.717, 1.165) is 28.7 Å². The highest BCUT2D eigenvalue weighted by Crippen LogP contribution is 2.35. The first kappa shape index (κ1) is 20.2. The fraction of sp³-hybridized carbons (Fsp3) is 0.360. The summed E-state index contributed by atoms with van der Waals surface area (Å²) in [5.74, 6) is 1.13. The van der Waals surface area contributed by atoms with Gasteiger partial charge in [0.1, 0.15) is 5.82 Å². The third-order valence-corrected chi connectivity index (χ3v) is 5.63.